The predicted molar refractivity (Wildman–Crippen MR) is 55.9 cm³/mol. The Balaban J connectivity index is 3.29. The highest BCUT2D eigenvalue weighted by atomic mass is 28.3. The van der Waals surface area contributed by atoms with Gasteiger partial charge in [0.1, 0.15) is 10.8 Å². The zero-order chi connectivity index (χ0) is 10.8. The van der Waals surface area contributed by atoms with Crippen molar-refractivity contribution in [1.29, 1.82) is 0 Å². The first-order chi connectivity index (χ1) is 6.55. The molecule has 1 rings (SSSR count). The lowest BCUT2D eigenvalue weighted by Gasteiger charge is -2.22. The van der Waals surface area contributed by atoms with Gasteiger partial charge in [-0.3, -0.25) is 0 Å². The molecule has 0 spiro atoms. The van der Waals surface area contributed by atoms with Crippen molar-refractivity contribution in [3.05, 3.63) is 18.6 Å². The van der Waals surface area contributed by atoms with Crippen LogP contribution in [0.3, 0.4) is 0 Å². The van der Waals surface area contributed by atoms with Crippen LogP contribution in [0.25, 0.3) is 0 Å². The molecular weight excluding hydrogens is 196 g/mol. The molecule has 1 heterocycles. The van der Waals surface area contributed by atoms with Gasteiger partial charge in [-0.15, -0.1) is 0 Å². The summed E-state index contributed by atoms with van der Waals surface area (Å²) >= 11 is 0. The maximum absolute atomic E-state index is 11.6. The molecule has 14 heavy (non-hydrogen) atoms. The molecular formula is C10H14O3Si. The van der Waals surface area contributed by atoms with E-state index in [0.29, 0.717) is 6.04 Å². The third-order valence-electron chi connectivity index (χ3n) is 2.75. The average molecular weight is 210 g/mol. The summed E-state index contributed by atoms with van der Waals surface area (Å²) in [6, 6.07) is 2.34. The van der Waals surface area contributed by atoms with E-state index >= 15 is 0 Å². The highest BCUT2D eigenvalue weighted by Crippen LogP contribution is 2.13. The fourth-order valence-electron chi connectivity index (χ4n) is 1.86. The molecule has 0 N–H and O–H groups in total. The molecule has 0 aliphatic heterocycles. The van der Waals surface area contributed by atoms with Crippen molar-refractivity contribution < 1.29 is 14.0 Å². The van der Waals surface area contributed by atoms with Crippen LogP contribution in [0.5, 0.6) is 0 Å². The Bertz CT molecular complexity index is 326. The van der Waals surface area contributed by atoms with E-state index in [2.05, 4.69) is 0 Å². The average Bonchev–Trinajstić information content (AvgIpc) is 2.58. The lowest BCUT2D eigenvalue weighted by atomic mass is 10.7. The van der Waals surface area contributed by atoms with E-state index in [1.165, 1.54) is 26.4 Å². The maximum Gasteiger partial charge on any atom is 0.239 e. The molecule has 0 fully saturated rings. The minimum Gasteiger partial charge on any atom is -0.473 e. The Labute approximate surface area is 84.1 Å². The van der Waals surface area contributed by atoms with Crippen molar-refractivity contribution in [3.63, 3.8) is 0 Å². The fourth-order valence-corrected chi connectivity index (χ4v) is 5.20. The first-order valence-corrected chi connectivity index (χ1v) is 6.81. The molecule has 1 aromatic heterocycles. The van der Waals surface area contributed by atoms with Crippen LogP contribution in [-0.4, -0.2) is 18.9 Å². The van der Waals surface area contributed by atoms with Crippen LogP contribution in [-0.2, 0) is 9.59 Å². The van der Waals surface area contributed by atoms with Crippen LogP contribution in [0.4, 0.5) is 0 Å². The Morgan fingerprint density at radius 1 is 1.36 bits per heavy atom. The van der Waals surface area contributed by atoms with Gasteiger partial charge in [-0.1, -0.05) is 6.92 Å². The standard InChI is InChI=1S/C10H14O3Si/c1-4-14(8(2)11,9(3)12)10-5-6-13-7-10/h5-7H,4H2,1-3H3. The summed E-state index contributed by atoms with van der Waals surface area (Å²) in [5.74, 6) is 0. The Morgan fingerprint density at radius 2 is 1.93 bits per heavy atom. The molecule has 0 atom stereocenters. The van der Waals surface area contributed by atoms with Gasteiger partial charge < -0.3 is 14.0 Å². The van der Waals surface area contributed by atoms with Gasteiger partial charge >= 0.3 is 0 Å². The predicted octanol–water partition coefficient (Wildman–Crippen LogP) is 1.21. The molecule has 0 bridgehead atoms. The van der Waals surface area contributed by atoms with Crippen molar-refractivity contribution in [1.82, 2.24) is 0 Å². The van der Waals surface area contributed by atoms with Crippen LogP contribution in [0, 0.1) is 0 Å². The summed E-state index contributed by atoms with van der Waals surface area (Å²) in [7, 11) is -2.62. The monoisotopic (exact) mass is 210 g/mol. The van der Waals surface area contributed by atoms with Gasteiger partial charge in [0.05, 0.1) is 12.5 Å². The van der Waals surface area contributed by atoms with Gasteiger partial charge in [-0.2, -0.15) is 0 Å². The third kappa shape index (κ3) is 1.46. The minimum absolute atomic E-state index is 0.00824. The van der Waals surface area contributed by atoms with Crippen LogP contribution in [0.15, 0.2) is 23.0 Å². The lowest BCUT2D eigenvalue weighted by Crippen LogP contribution is -2.59. The topological polar surface area (TPSA) is 47.3 Å². The highest BCUT2D eigenvalue weighted by Gasteiger charge is 2.44. The first-order valence-electron chi connectivity index (χ1n) is 4.60. The molecule has 0 aliphatic rings. The normalized spacial score (nSPS) is 11.4. The zero-order valence-electron chi connectivity index (χ0n) is 8.66. The maximum atomic E-state index is 11.6. The summed E-state index contributed by atoms with van der Waals surface area (Å²) in [6.45, 7) is 4.90. The number of carbonyl (C=O) groups excluding carboxylic acids is 2. The number of hydrogen-bond acceptors (Lipinski definition) is 3. The van der Waals surface area contributed by atoms with E-state index in [1.807, 2.05) is 6.92 Å². The van der Waals surface area contributed by atoms with Crippen molar-refractivity contribution in [2.45, 2.75) is 26.8 Å². The highest BCUT2D eigenvalue weighted by molar-refractivity contribution is 7.31. The van der Waals surface area contributed by atoms with Crippen molar-refractivity contribution in [2.75, 3.05) is 0 Å². The van der Waals surface area contributed by atoms with Gasteiger partial charge in [0, 0.05) is 0 Å². The van der Waals surface area contributed by atoms with Gasteiger partial charge in [0.15, 0.2) is 0 Å². The SMILES string of the molecule is CC[Si](C(C)=O)(C(C)=O)c1ccoc1. The van der Waals surface area contributed by atoms with E-state index in [1.54, 1.807) is 6.07 Å². The number of carbonyl (C=O) groups is 2. The lowest BCUT2D eigenvalue weighted by molar-refractivity contribution is -0.114. The summed E-state index contributed by atoms with van der Waals surface area (Å²) in [5.41, 5.74) is 0. The molecule has 76 valence electrons. The summed E-state index contributed by atoms with van der Waals surface area (Å²) in [6.07, 6.45) is 3.04. The Kier molecular flexibility index (Phi) is 3.05. The van der Waals surface area contributed by atoms with Crippen LogP contribution >= 0.6 is 0 Å². The van der Waals surface area contributed by atoms with Gasteiger partial charge in [0.2, 0.25) is 8.07 Å². The van der Waals surface area contributed by atoms with Gasteiger partial charge in [-0.05, 0) is 31.1 Å². The Morgan fingerprint density at radius 3 is 2.21 bits per heavy atom. The molecule has 0 unspecified atom stereocenters. The van der Waals surface area contributed by atoms with Crippen LogP contribution in [0.1, 0.15) is 20.8 Å². The second kappa shape index (κ2) is 3.92. The van der Waals surface area contributed by atoms with Crippen molar-refractivity contribution in [2.24, 2.45) is 0 Å². The summed E-state index contributed by atoms with van der Waals surface area (Å²) < 4.78 is 4.95. The van der Waals surface area contributed by atoms with Crippen molar-refractivity contribution >= 4 is 24.1 Å². The molecule has 0 aliphatic carbocycles. The molecule has 0 amide bonds. The second-order valence-electron chi connectivity index (χ2n) is 3.38. The molecule has 0 aromatic carbocycles. The molecule has 3 nitrogen and oxygen atoms in total. The van der Waals surface area contributed by atoms with Crippen LogP contribution in [0.2, 0.25) is 6.04 Å². The fraction of sp³-hybridized carbons (Fsp3) is 0.400. The molecule has 0 radical (unpaired) electrons. The second-order valence-corrected chi connectivity index (χ2v) is 7.89. The third-order valence-corrected chi connectivity index (χ3v) is 7.48. The summed E-state index contributed by atoms with van der Waals surface area (Å²) in [5, 5.41) is 0.808. The van der Waals surface area contributed by atoms with E-state index in [4.69, 9.17) is 4.42 Å². The van der Waals surface area contributed by atoms with E-state index in [0.717, 1.165) is 5.19 Å². The number of hydrogen-bond donors (Lipinski definition) is 0. The largest absolute Gasteiger partial charge is 0.473 e. The molecule has 0 saturated heterocycles. The first kappa shape index (κ1) is 10.9. The van der Waals surface area contributed by atoms with Crippen LogP contribution < -0.4 is 5.19 Å². The Hall–Kier alpha value is -1.16. The molecule has 1 aromatic rings. The number of furan rings is 1. The van der Waals surface area contributed by atoms with E-state index < -0.39 is 8.07 Å². The van der Waals surface area contributed by atoms with Gasteiger partial charge in [0.25, 0.3) is 0 Å². The zero-order valence-corrected chi connectivity index (χ0v) is 9.66. The quantitative estimate of drug-likeness (QED) is 0.702. The smallest absolute Gasteiger partial charge is 0.239 e. The minimum atomic E-state index is -2.62. The summed E-state index contributed by atoms with van der Waals surface area (Å²) in [4.78, 5) is 23.3. The van der Waals surface area contributed by atoms with E-state index in [-0.39, 0.29) is 10.8 Å². The molecule has 4 heteroatoms. The van der Waals surface area contributed by atoms with Crippen molar-refractivity contribution in [3.8, 4) is 0 Å². The van der Waals surface area contributed by atoms with Gasteiger partial charge in [-0.25, -0.2) is 0 Å². The van der Waals surface area contributed by atoms with E-state index in [9.17, 15) is 9.59 Å². The molecule has 0 saturated carbocycles. The number of rotatable bonds is 4.